The van der Waals surface area contributed by atoms with Crippen LogP contribution in [0.2, 0.25) is 0 Å². The average molecular weight is 253 g/mol. The van der Waals surface area contributed by atoms with Gasteiger partial charge in [0.1, 0.15) is 0 Å². The van der Waals surface area contributed by atoms with Crippen molar-refractivity contribution in [2.75, 3.05) is 6.54 Å². The summed E-state index contributed by atoms with van der Waals surface area (Å²) >= 11 is 1.49. The largest absolute Gasteiger partial charge is 0.388 e. The van der Waals surface area contributed by atoms with Gasteiger partial charge in [0, 0.05) is 11.4 Å². The molecule has 1 aliphatic rings. The van der Waals surface area contributed by atoms with Crippen LogP contribution in [-0.2, 0) is 0 Å². The molecule has 0 radical (unpaired) electrons. The molecule has 17 heavy (non-hydrogen) atoms. The Kier molecular flexibility index (Phi) is 3.84. The van der Waals surface area contributed by atoms with Gasteiger partial charge in [-0.1, -0.05) is 19.3 Å². The fourth-order valence-corrected chi connectivity index (χ4v) is 3.06. The lowest BCUT2D eigenvalue weighted by atomic mass is 9.85. The molecular formula is C13H19NO2S. The maximum atomic E-state index is 11.8. The van der Waals surface area contributed by atoms with E-state index in [1.54, 1.807) is 0 Å². The zero-order chi connectivity index (χ0) is 12.3. The molecule has 2 rings (SSSR count). The number of nitrogens with one attached hydrogen (secondary N) is 1. The molecule has 94 valence electrons. The summed E-state index contributed by atoms with van der Waals surface area (Å²) in [4.78, 5) is 13.7. The van der Waals surface area contributed by atoms with Gasteiger partial charge in [-0.15, -0.1) is 11.3 Å². The number of thiophene rings is 1. The van der Waals surface area contributed by atoms with E-state index < -0.39 is 5.60 Å². The van der Waals surface area contributed by atoms with Gasteiger partial charge in [-0.05, 0) is 31.9 Å². The third kappa shape index (κ3) is 3.30. The number of aryl methyl sites for hydroxylation is 1. The van der Waals surface area contributed by atoms with Crippen molar-refractivity contribution in [1.82, 2.24) is 5.32 Å². The average Bonchev–Trinajstić information content (AvgIpc) is 2.74. The molecule has 0 unspecified atom stereocenters. The van der Waals surface area contributed by atoms with E-state index in [0.717, 1.165) is 35.4 Å². The van der Waals surface area contributed by atoms with E-state index in [0.29, 0.717) is 6.54 Å². The van der Waals surface area contributed by atoms with Crippen LogP contribution in [0.5, 0.6) is 0 Å². The predicted molar refractivity (Wildman–Crippen MR) is 69.4 cm³/mol. The minimum Gasteiger partial charge on any atom is -0.388 e. The zero-order valence-corrected chi connectivity index (χ0v) is 11.0. The Balaban J connectivity index is 1.87. The van der Waals surface area contributed by atoms with E-state index in [1.807, 2.05) is 19.1 Å². The smallest absolute Gasteiger partial charge is 0.261 e. The van der Waals surface area contributed by atoms with Gasteiger partial charge in [-0.25, -0.2) is 0 Å². The van der Waals surface area contributed by atoms with Gasteiger partial charge >= 0.3 is 0 Å². The molecule has 2 N–H and O–H groups in total. The minimum atomic E-state index is -0.680. The highest BCUT2D eigenvalue weighted by Gasteiger charge is 2.29. The third-order valence-electron chi connectivity index (χ3n) is 3.33. The Morgan fingerprint density at radius 2 is 2.12 bits per heavy atom. The first-order chi connectivity index (χ1) is 8.09. The molecule has 1 aliphatic carbocycles. The second-order valence-electron chi connectivity index (χ2n) is 4.88. The molecular weight excluding hydrogens is 234 g/mol. The molecule has 0 saturated heterocycles. The van der Waals surface area contributed by atoms with Crippen molar-refractivity contribution >= 4 is 17.2 Å². The van der Waals surface area contributed by atoms with Crippen molar-refractivity contribution < 1.29 is 9.90 Å². The Bertz CT molecular complexity index is 394. The molecule has 0 aliphatic heterocycles. The fourth-order valence-electron chi connectivity index (χ4n) is 2.28. The van der Waals surface area contributed by atoms with Gasteiger partial charge in [0.25, 0.3) is 5.91 Å². The summed E-state index contributed by atoms with van der Waals surface area (Å²) in [6, 6.07) is 3.77. The van der Waals surface area contributed by atoms with Crippen LogP contribution >= 0.6 is 11.3 Å². The van der Waals surface area contributed by atoms with E-state index in [9.17, 15) is 9.90 Å². The number of hydrogen-bond donors (Lipinski definition) is 2. The van der Waals surface area contributed by atoms with E-state index in [-0.39, 0.29) is 5.91 Å². The molecule has 1 amide bonds. The van der Waals surface area contributed by atoms with E-state index in [2.05, 4.69) is 5.32 Å². The van der Waals surface area contributed by atoms with Gasteiger partial charge in [-0.2, -0.15) is 0 Å². The molecule has 1 aromatic heterocycles. The van der Waals surface area contributed by atoms with Gasteiger partial charge in [-0.3, -0.25) is 4.79 Å². The number of carbonyl (C=O) groups excluding carboxylic acids is 1. The molecule has 1 fully saturated rings. The molecule has 3 nitrogen and oxygen atoms in total. The first-order valence-electron chi connectivity index (χ1n) is 6.16. The van der Waals surface area contributed by atoms with Crippen LogP contribution in [0.4, 0.5) is 0 Å². The van der Waals surface area contributed by atoms with Crippen molar-refractivity contribution in [3.63, 3.8) is 0 Å². The molecule has 0 aromatic carbocycles. The molecule has 1 saturated carbocycles. The third-order valence-corrected chi connectivity index (χ3v) is 4.33. The number of aliphatic hydroxyl groups is 1. The highest BCUT2D eigenvalue weighted by atomic mass is 32.1. The quantitative estimate of drug-likeness (QED) is 0.869. The predicted octanol–water partition coefficient (Wildman–Crippen LogP) is 2.48. The summed E-state index contributed by atoms with van der Waals surface area (Å²) in [6.07, 6.45) is 4.92. The normalized spacial score (nSPS) is 18.9. The summed E-state index contributed by atoms with van der Waals surface area (Å²) in [5.74, 6) is -0.0675. The first kappa shape index (κ1) is 12.6. The highest BCUT2D eigenvalue weighted by Crippen LogP contribution is 2.27. The maximum absolute atomic E-state index is 11.8. The van der Waals surface area contributed by atoms with Crippen LogP contribution in [0, 0.1) is 6.92 Å². The summed E-state index contributed by atoms with van der Waals surface area (Å²) in [5.41, 5.74) is -0.680. The van der Waals surface area contributed by atoms with E-state index in [4.69, 9.17) is 0 Å². The lowest BCUT2D eigenvalue weighted by Crippen LogP contribution is -2.44. The SMILES string of the molecule is Cc1ccc(C(=O)NCC2(O)CCCCC2)s1. The lowest BCUT2D eigenvalue weighted by Gasteiger charge is -2.32. The zero-order valence-electron chi connectivity index (χ0n) is 10.2. The molecule has 0 spiro atoms. The second-order valence-corrected chi connectivity index (χ2v) is 6.17. The Labute approximate surface area is 106 Å². The van der Waals surface area contributed by atoms with Crippen LogP contribution in [0.1, 0.15) is 46.7 Å². The van der Waals surface area contributed by atoms with Crippen LogP contribution in [0.25, 0.3) is 0 Å². The van der Waals surface area contributed by atoms with E-state index in [1.165, 1.54) is 17.8 Å². The topological polar surface area (TPSA) is 49.3 Å². The van der Waals surface area contributed by atoms with Gasteiger partial charge < -0.3 is 10.4 Å². The molecule has 0 bridgehead atoms. The number of rotatable bonds is 3. The van der Waals surface area contributed by atoms with Gasteiger partial charge in [0.05, 0.1) is 10.5 Å². The van der Waals surface area contributed by atoms with Crippen LogP contribution in [0.15, 0.2) is 12.1 Å². The van der Waals surface area contributed by atoms with Crippen molar-refractivity contribution in [2.45, 2.75) is 44.6 Å². The fraction of sp³-hybridized carbons (Fsp3) is 0.615. The maximum Gasteiger partial charge on any atom is 0.261 e. The van der Waals surface area contributed by atoms with Crippen LogP contribution in [-0.4, -0.2) is 23.2 Å². The number of amides is 1. The van der Waals surface area contributed by atoms with Gasteiger partial charge in [0.2, 0.25) is 0 Å². The van der Waals surface area contributed by atoms with Crippen molar-refractivity contribution in [1.29, 1.82) is 0 Å². The summed E-state index contributed by atoms with van der Waals surface area (Å²) in [5, 5.41) is 13.1. The monoisotopic (exact) mass is 253 g/mol. The molecule has 1 heterocycles. The van der Waals surface area contributed by atoms with Crippen LogP contribution in [0.3, 0.4) is 0 Å². The Morgan fingerprint density at radius 3 is 2.71 bits per heavy atom. The Hall–Kier alpha value is -0.870. The lowest BCUT2D eigenvalue weighted by molar-refractivity contribution is 0.00529. The van der Waals surface area contributed by atoms with Crippen molar-refractivity contribution in [2.24, 2.45) is 0 Å². The standard InChI is InChI=1S/C13H19NO2S/c1-10-5-6-11(17-10)12(15)14-9-13(16)7-3-2-4-8-13/h5-6,16H,2-4,7-9H2,1H3,(H,14,15). The molecule has 4 heteroatoms. The second kappa shape index (κ2) is 5.19. The summed E-state index contributed by atoms with van der Waals surface area (Å²) in [7, 11) is 0. The van der Waals surface area contributed by atoms with Gasteiger partial charge in [0.15, 0.2) is 0 Å². The Morgan fingerprint density at radius 1 is 1.41 bits per heavy atom. The minimum absolute atomic E-state index is 0.0675. The first-order valence-corrected chi connectivity index (χ1v) is 6.98. The number of carbonyl (C=O) groups is 1. The number of hydrogen-bond acceptors (Lipinski definition) is 3. The van der Waals surface area contributed by atoms with E-state index >= 15 is 0 Å². The van der Waals surface area contributed by atoms with Crippen LogP contribution < -0.4 is 5.32 Å². The highest BCUT2D eigenvalue weighted by molar-refractivity contribution is 7.13. The molecule has 1 aromatic rings. The van der Waals surface area contributed by atoms with Crippen molar-refractivity contribution in [3.05, 3.63) is 21.9 Å². The summed E-state index contributed by atoms with van der Waals surface area (Å²) < 4.78 is 0. The summed E-state index contributed by atoms with van der Waals surface area (Å²) in [6.45, 7) is 2.36. The van der Waals surface area contributed by atoms with Crippen molar-refractivity contribution in [3.8, 4) is 0 Å². The molecule has 0 atom stereocenters.